The summed E-state index contributed by atoms with van der Waals surface area (Å²) in [5, 5.41) is 11.9. The Morgan fingerprint density at radius 2 is 1.50 bits per heavy atom. The van der Waals surface area contributed by atoms with Gasteiger partial charge in [0.05, 0.1) is 55.7 Å². The summed E-state index contributed by atoms with van der Waals surface area (Å²) in [6.45, 7) is 28.5. The molecule has 2 saturated heterocycles. The molecule has 0 radical (unpaired) electrons. The number of nitrogens with one attached hydrogen (secondary N) is 1. The van der Waals surface area contributed by atoms with Crippen LogP contribution in [0.1, 0.15) is 129 Å². The number of benzene rings is 1. The lowest BCUT2D eigenvalue weighted by molar-refractivity contribution is -0.173. The summed E-state index contributed by atoms with van der Waals surface area (Å²) in [4.78, 5) is 46.2. The van der Waals surface area contributed by atoms with Gasteiger partial charge in [-0.15, -0.1) is 0 Å². The number of hydrogen-bond acceptors (Lipinski definition) is 10. The highest BCUT2D eigenvalue weighted by atomic mass is 16.6. The maximum absolute atomic E-state index is 11.8. The van der Waals surface area contributed by atoms with E-state index in [1.165, 1.54) is 7.11 Å². The first-order chi connectivity index (χ1) is 25.2. The standard InChI is InChI=1S/C12H17NO2.C11H20O3.C10H18O3.C10H18O2/c1-4-12(2,3)11(15)13-9-5-7-10(14)8-6-9;1-4-9(3)10(12)14-8-11(5-2)6-13-7-11;1-4-8-6-13-7-10(8,5-2)9(11)12-3;1-6-8(3)12-9(11)10(4,5)7-2/h5-8,14H,4H2,1-3H3,(H,13,15);9H,4-8H2,1-3H3;8H,4-7H2,1-3H3;6H,7H2,1-5H3/b;;;8-6+. The lowest BCUT2D eigenvalue weighted by Crippen LogP contribution is -2.46. The predicted molar refractivity (Wildman–Crippen MR) is 214 cm³/mol. The molecule has 0 aromatic heterocycles. The monoisotopic (exact) mass is 764 g/mol. The van der Waals surface area contributed by atoms with E-state index in [4.69, 9.17) is 28.8 Å². The average Bonchev–Trinajstić information content (AvgIpc) is 3.59. The smallest absolute Gasteiger partial charge is 0.316 e. The maximum Gasteiger partial charge on any atom is 0.316 e. The molecule has 3 unspecified atom stereocenters. The number of esters is 3. The van der Waals surface area contributed by atoms with Gasteiger partial charge in [0.1, 0.15) is 18.1 Å². The van der Waals surface area contributed by atoms with Crippen LogP contribution in [0.4, 0.5) is 5.69 Å². The van der Waals surface area contributed by atoms with Crippen LogP contribution in [-0.4, -0.2) is 69.1 Å². The quantitative estimate of drug-likeness (QED) is 0.0814. The van der Waals surface area contributed by atoms with Crippen molar-refractivity contribution in [1.29, 1.82) is 0 Å². The third kappa shape index (κ3) is 15.7. The van der Waals surface area contributed by atoms with E-state index in [0.717, 1.165) is 51.7 Å². The number of carbonyl (C=O) groups is 4. The van der Waals surface area contributed by atoms with Crippen molar-refractivity contribution in [3.05, 3.63) is 36.1 Å². The summed E-state index contributed by atoms with van der Waals surface area (Å²) in [5.41, 5.74) is -0.284. The number of anilines is 1. The molecule has 2 heterocycles. The highest BCUT2D eigenvalue weighted by Gasteiger charge is 2.48. The summed E-state index contributed by atoms with van der Waals surface area (Å²) in [6.07, 6.45) is 7.00. The number of rotatable bonds is 14. The van der Waals surface area contributed by atoms with Gasteiger partial charge in [-0.05, 0) is 96.6 Å². The molecule has 54 heavy (non-hydrogen) atoms. The molecule has 2 N–H and O–H groups in total. The van der Waals surface area contributed by atoms with E-state index >= 15 is 0 Å². The predicted octanol–water partition coefficient (Wildman–Crippen LogP) is 9.27. The van der Waals surface area contributed by atoms with Crippen molar-refractivity contribution < 1.29 is 48.0 Å². The molecule has 3 atom stereocenters. The molecule has 310 valence electrons. The van der Waals surface area contributed by atoms with Crippen LogP contribution in [0.25, 0.3) is 0 Å². The van der Waals surface area contributed by atoms with Crippen LogP contribution in [-0.2, 0) is 42.9 Å². The molecule has 0 aliphatic carbocycles. The van der Waals surface area contributed by atoms with Gasteiger partial charge in [0.25, 0.3) is 0 Å². The van der Waals surface area contributed by atoms with Crippen molar-refractivity contribution in [2.75, 3.05) is 45.5 Å². The summed E-state index contributed by atoms with van der Waals surface area (Å²) in [6, 6.07) is 6.46. The second kappa shape index (κ2) is 24.2. The zero-order valence-electron chi connectivity index (χ0n) is 35.9. The van der Waals surface area contributed by atoms with Gasteiger partial charge in [-0.1, -0.05) is 62.3 Å². The Morgan fingerprint density at radius 3 is 1.91 bits per heavy atom. The molecule has 11 heteroatoms. The van der Waals surface area contributed by atoms with Crippen LogP contribution in [0.5, 0.6) is 5.75 Å². The average molecular weight is 764 g/mol. The zero-order chi connectivity index (χ0) is 41.8. The molecule has 1 aromatic rings. The summed E-state index contributed by atoms with van der Waals surface area (Å²) in [5.74, 6) is 0.863. The molecule has 1 aromatic carbocycles. The normalized spacial score (nSPS) is 19.4. The number of hydrogen-bond donors (Lipinski definition) is 2. The Morgan fingerprint density at radius 1 is 0.926 bits per heavy atom. The molecule has 0 saturated carbocycles. The largest absolute Gasteiger partial charge is 0.508 e. The fraction of sp³-hybridized carbons (Fsp3) is 0.721. The van der Waals surface area contributed by atoms with E-state index in [1.807, 2.05) is 69.2 Å². The maximum atomic E-state index is 11.8. The van der Waals surface area contributed by atoms with Crippen molar-refractivity contribution in [2.45, 2.75) is 129 Å². The van der Waals surface area contributed by atoms with Gasteiger partial charge in [-0.2, -0.15) is 0 Å². The van der Waals surface area contributed by atoms with Gasteiger partial charge < -0.3 is 34.1 Å². The second-order valence-electron chi connectivity index (χ2n) is 15.6. The number of allylic oxidation sites excluding steroid dienone is 2. The number of ether oxygens (including phenoxy) is 5. The fourth-order valence-corrected chi connectivity index (χ4v) is 4.94. The number of aromatic hydroxyl groups is 1. The highest BCUT2D eigenvalue weighted by molar-refractivity contribution is 5.94. The number of amides is 1. The van der Waals surface area contributed by atoms with Crippen molar-refractivity contribution in [3.8, 4) is 5.75 Å². The molecule has 2 fully saturated rings. The highest BCUT2D eigenvalue weighted by Crippen LogP contribution is 2.40. The van der Waals surface area contributed by atoms with Crippen molar-refractivity contribution >= 4 is 29.5 Å². The minimum atomic E-state index is -0.372. The van der Waals surface area contributed by atoms with Crippen molar-refractivity contribution in [1.82, 2.24) is 0 Å². The molecule has 0 bridgehead atoms. The SMILES string of the molecule is C/C=C(\C)OC(=O)C(C)(C)CC.CCC(C)(C)C(=O)Nc1ccc(O)cc1.CCC(C)C(=O)OCC1(CC)COC1.CCC1COCC1(CC)C(=O)OC. The van der Waals surface area contributed by atoms with E-state index in [1.54, 1.807) is 37.3 Å². The van der Waals surface area contributed by atoms with E-state index in [9.17, 15) is 19.2 Å². The summed E-state index contributed by atoms with van der Waals surface area (Å²) < 4.78 is 25.7. The zero-order valence-corrected chi connectivity index (χ0v) is 35.9. The molecule has 3 rings (SSSR count). The van der Waals surface area contributed by atoms with Crippen LogP contribution >= 0.6 is 0 Å². The van der Waals surface area contributed by atoms with Crippen molar-refractivity contribution in [2.24, 2.45) is 33.5 Å². The Hall–Kier alpha value is -3.44. The third-order valence-electron chi connectivity index (χ3n) is 11.0. The summed E-state index contributed by atoms with van der Waals surface area (Å²) in [7, 11) is 1.45. The fourth-order valence-electron chi connectivity index (χ4n) is 4.94. The first-order valence-electron chi connectivity index (χ1n) is 19.6. The Kier molecular flexibility index (Phi) is 22.6. The topological polar surface area (TPSA) is 147 Å². The lowest BCUT2D eigenvalue weighted by atomic mass is 9.74. The molecule has 1 amide bonds. The molecule has 2 aliphatic rings. The Bertz CT molecular complexity index is 1310. The van der Waals surface area contributed by atoms with E-state index < -0.39 is 0 Å². The number of phenolic OH excluding ortho intramolecular Hbond substituents is 1. The van der Waals surface area contributed by atoms with E-state index in [0.29, 0.717) is 37.2 Å². The second-order valence-corrected chi connectivity index (χ2v) is 15.6. The lowest BCUT2D eigenvalue weighted by Gasteiger charge is -2.40. The van der Waals surface area contributed by atoms with Gasteiger partial charge in [0, 0.05) is 17.0 Å². The van der Waals surface area contributed by atoms with Gasteiger partial charge in [0.15, 0.2) is 0 Å². The van der Waals surface area contributed by atoms with Gasteiger partial charge in [0.2, 0.25) is 5.91 Å². The first kappa shape index (κ1) is 50.6. The molecule has 11 nitrogen and oxygen atoms in total. The number of phenols is 1. The Labute approximate surface area is 326 Å². The molecular weight excluding hydrogens is 690 g/mol. The first-order valence-corrected chi connectivity index (χ1v) is 19.6. The van der Waals surface area contributed by atoms with Crippen LogP contribution < -0.4 is 5.32 Å². The summed E-state index contributed by atoms with van der Waals surface area (Å²) >= 11 is 0. The minimum Gasteiger partial charge on any atom is -0.508 e. The van der Waals surface area contributed by atoms with Crippen molar-refractivity contribution in [3.63, 3.8) is 0 Å². The van der Waals surface area contributed by atoms with E-state index in [-0.39, 0.29) is 57.1 Å². The van der Waals surface area contributed by atoms with Crippen LogP contribution in [0, 0.1) is 33.5 Å². The Balaban J connectivity index is 0.000000696. The minimum absolute atomic E-state index is 0.00399. The third-order valence-corrected chi connectivity index (χ3v) is 11.0. The van der Waals surface area contributed by atoms with E-state index in [2.05, 4.69) is 19.2 Å². The van der Waals surface area contributed by atoms with Gasteiger partial charge in [-0.25, -0.2) is 0 Å². The number of carbonyl (C=O) groups excluding carboxylic acids is 4. The number of methoxy groups -OCH3 is 1. The molecule has 0 spiro atoms. The van der Waals surface area contributed by atoms with Crippen LogP contribution in [0.15, 0.2) is 36.1 Å². The molecule has 2 aliphatic heterocycles. The van der Waals surface area contributed by atoms with Gasteiger partial charge >= 0.3 is 17.9 Å². The van der Waals surface area contributed by atoms with Crippen LogP contribution in [0.2, 0.25) is 0 Å². The van der Waals surface area contributed by atoms with Crippen LogP contribution in [0.3, 0.4) is 0 Å². The molecular formula is C43H73NO10. The van der Waals surface area contributed by atoms with Gasteiger partial charge in [-0.3, -0.25) is 19.2 Å².